The highest BCUT2D eigenvalue weighted by Gasteiger charge is 2.24. The fourth-order valence-electron chi connectivity index (χ4n) is 0.766. The fourth-order valence-corrected chi connectivity index (χ4v) is 1.28. The molecule has 1 aromatic rings. The Hall–Kier alpha value is -0.680. The average molecular weight is 249 g/mol. The van der Waals surface area contributed by atoms with Gasteiger partial charge in [-0.05, 0) is 0 Å². The Bertz CT molecular complexity index is 340. The largest absolute Gasteiger partial charge is 0.460 e. The molecule has 1 nitrogen and oxygen atoms in total. The molecule has 1 aromatic carbocycles. The first kappa shape index (κ1) is 11.4. The average Bonchev–Trinajstić information content (AvgIpc) is 2.19. The Morgan fingerprint density at radius 2 is 1.36 bits per heavy atom. The van der Waals surface area contributed by atoms with E-state index in [2.05, 4.69) is 4.74 Å². The van der Waals surface area contributed by atoms with E-state index in [9.17, 15) is 17.6 Å². The summed E-state index contributed by atoms with van der Waals surface area (Å²) in [6.07, 6.45) is 0. The molecule has 0 atom stereocenters. The van der Waals surface area contributed by atoms with E-state index in [0.717, 1.165) is 0 Å². The van der Waals surface area contributed by atoms with Crippen LogP contribution in [0.2, 0.25) is 10.0 Å². The van der Waals surface area contributed by atoms with Crippen LogP contribution in [0.4, 0.5) is 17.6 Å². The number of benzene rings is 1. The molecule has 14 heavy (non-hydrogen) atoms. The van der Waals surface area contributed by atoms with Crippen LogP contribution in [0.5, 0.6) is 5.75 Å². The molecule has 0 spiro atoms. The van der Waals surface area contributed by atoms with Crippen LogP contribution < -0.4 is 4.74 Å². The topological polar surface area (TPSA) is 9.23 Å². The third-order valence-corrected chi connectivity index (χ3v) is 2.04. The van der Waals surface area contributed by atoms with Crippen LogP contribution in [-0.2, 0) is 0 Å². The molecular weight excluding hydrogens is 247 g/mol. The summed E-state index contributed by atoms with van der Waals surface area (Å²) in [5.41, 5.74) is 0. The zero-order valence-corrected chi connectivity index (χ0v) is 7.89. The van der Waals surface area contributed by atoms with Gasteiger partial charge in [0.2, 0.25) is 6.86 Å². The summed E-state index contributed by atoms with van der Waals surface area (Å²) in [5, 5.41) is -1.79. The quantitative estimate of drug-likeness (QED) is 0.441. The van der Waals surface area contributed by atoms with E-state index >= 15 is 0 Å². The summed E-state index contributed by atoms with van der Waals surface area (Å²) in [6.45, 7) is -1.38. The smallest absolute Gasteiger partial charge is 0.228 e. The summed E-state index contributed by atoms with van der Waals surface area (Å²) in [7, 11) is 0. The zero-order valence-electron chi connectivity index (χ0n) is 6.38. The maximum atomic E-state index is 12.7. The van der Waals surface area contributed by atoms with Crippen molar-refractivity contribution in [1.29, 1.82) is 0 Å². The SMILES string of the molecule is FCOc1c(Cl)c(F)c(F)c(F)c1Cl. The number of ether oxygens (including phenoxy) is 1. The standard InChI is InChI=1S/C7H2Cl2F4O/c8-2-4(11)6(13)5(12)3(9)7(2)14-1-10/h1H2. The normalized spacial score (nSPS) is 10.4. The lowest BCUT2D eigenvalue weighted by molar-refractivity contribution is 0.190. The molecule has 0 N–H and O–H groups in total. The van der Waals surface area contributed by atoms with Gasteiger partial charge in [-0.15, -0.1) is 0 Å². The van der Waals surface area contributed by atoms with Gasteiger partial charge in [0.05, 0.1) is 0 Å². The van der Waals surface area contributed by atoms with Gasteiger partial charge in [-0.3, -0.25) is 0 Å². The van der Waals surface area contributed by atoms with Crippen LogP contribution in [-0.4, -0.2) is 6.86 Å². The molecule has 0 aliphatic heterocycles. The van der Waals surface area contributed by atoms with E-state index in [-0.39, 0.29) is 0 Å². The van der Waals surface area contributed by atoms with E-state index in [1.807, 2.05) is 0 Å². The molecule has 0 aliphatic rings. The summed E-state index contributed by atoms with van der Waals surface area (Å²) in [4.78, 5) is 0. The van der Waals surface area contributed by atoms with E-state index < -0.39 is 40.1 Å². The summed E-state index contributed by atoms with van der Waals surface area (Å²) < 4.78 is 53.9. The van der Waals surface area contributed by atoms with Crippen molar-refractivity contribution in [2.45, 2.75) is 0 Å². The molecule has 0 saturated heterocycles. The molecule has 1 rings (SSSR count). The molecule has 0 radical (unpaired) electrons. The molecular formula is C7H2Cl2F4O. The molecule has 0 bridgehead atoms. The Kier molecular flexibility index (Phi) is 3.44. The first-order valence-corrected chi connectivity index (χ1v) is 3.96. The van der Waals surface area contributed by atoms with Gasteiger partial charge in [0.15, 0.2) is 23.2 Å². The lowest BCUT2D eigenvalue weighted by atomic mass is 10.3. The van der Waals surface area contributed by atoms with Gasteiger partial charge in [-0.1, -0.05) is 23.2 Å². The second kappa shape index (κ2) is 4.23. The van der Waals surface area contributed by atoms with Gasteiger partial charge in [-0.2, -0.15) is 0 Å². The van der Waals surface area contributed by atoms with Crippen molar-refractivity contribution in [3.8, 4) is 5.75 Å². The molecule has 7 heteroatoms. The van der Waals surface area contributed by atoms with Gasteiger partial charge in [0.25, 0.3) is 0 Å². The summed E-state index contributed by atoms with van der Waals surface area (Å²) in [6, 6.07) is 0. The number of hydrogen-bond acceptors (Lipinski definition) is 1. The van der Waals surface area contributed by atoms with Crippen LogP contribution in [0.3, 0.4) is 0 Å². The lowest BCUT2D eigenvalue weighted by Crippen LogP contribution is -2.00. The van der Waals surface area contributed by atoms with Gasteiger partial charge in [-0.25, -0.2) is 17.6 Å². The Labute approximate surface area is 86.2 Å². The number of alkyl halides is 1. The van der Waals surface area contributed by atoms with Crippen LogP contribution >= 0.6 is 23.2 Å². The maximum absolute atomic E-state index is 12.7. The van der Waals surface area contributed by atoms with E-state index in [1.54, 1.807) is 0 Å². The van der Waals surface area contributed by atoms with Gasteiger partial charge in [0, 0.05) is 0 Å². The minimum atomic E-state index is -1.83. The van der Waals surface area contributed by atoms with Crippen molar-refractivity contribution in [2.24, 2.45) is 0 Å². The van der Waals surface area contributed by atoms with Gasteiger partial charge >= 0.3 is 0 Å². The van der Waals surface area contributed by atoms with E-state index in [1.165, 1.54) is 0 Å². The highest BCUT2D eigenvalue weighted by molar-refractivity contribution is 6.37. The van der Waals surface area contributed by atoms with Crippen LogP contribution in [0.1, 0.15) is 0 Å². The highest BCUT2D eigenvalue weighted by atomic mass is 35.5. The Balaban J connectivity index is 3.43. The van der Waals surface area contributed by atoms with Crippen molar-refractivity contribution >= 4 is 23.2 Å². The van der Waals surface area contributed by atoms with Crippen LogP contribution in [0.15, 0.2) is 0 Å². The monoisotopic (exact) mass is 248 g/mol. The fraction of sp³-hybridized carbons (Fsp3) is 0.143. The molecule has 0 aromatic heterocycles. The molecule has 0 heterocycles. The van der Waals surface area contributed by atoms with Gasteiger partial charge < -0.3 is 4.74 Å². The van der Waals surface area contributed by atoms with E-state index in [4.69, 9.17) is 23.2 Å². The second-order valence-corrected chi connectivity index (χ2v) is 2.91. The maximum Gasteiger partial charge on any atom is 0.228 e. The summed E-state index contributed by atoms with van der Waals surface area (Å²) >= 11 is 10.4. The first-order chi connectivity index (χ1) is 6.50. The Morgan fingerprint density at radius 1 is 0.929 bits per heavy atom. The van der Waals surface area contributed by atoms with Crippen molar-refractivity contribution < 1.29 is 22.3 Å². The number of hydrogen-bond donors (Lipinski definition) is 0. The van der Waals surface area contributed by atoms with E-state index in [0.29, 0.717) is 0 Å². The molecule has 0 aliphatic carbocycles. The summed E-state index contributed by atoms with van der Waals surface area (Å²) in [5.74, 6) is -5.92. The van der Waals surface area contributed by atoms with Crippen LogP contribution in [0.25, 0.3) is 0 Å². The molecule has 0 unspecified atom stereocenters. The third-order valence-electron chi connectivity index (χ3n) is 1.37. The predicted octanol–water partition coefficient (Wildman–Crippen LogP) is 3.72. The first-order valence-electron chi connectivity index (χ1n) is 3.20. The minimum absolute atomic E-state index is 0.757. The second-order valence-electron chi connectivity index (χ2n) is 2.15. The minimum Gasteiger partial charge on any atom is -0.460 e. The zero-order chi connectivity index (χ0) is 10.9. The molecule has 0 fully saturated rings. The van der Waals surface area contributed by atoms with Crippen molar-refractivity contribution in [3.05, 3.63) is 27.5 Å². The molecule has 0 amide bonds. The number of rotatable bonds is 2. The molecule has 78 valence electrons. The highest BCUT2D eigenvalue weighted by Crippen LogP contribution is 2.38. The van der Waals surface area contributed by atoms with Gasteiger partial charge in [0.1, 0.15) is 10.0 Å². The predicted molar refractivity (Wildman–Crippen MR) is 42.9 cm³/mol. The van der Waals surface area contributed by atoms with Crippen molar-refractivity contribution in [1.82, 2.24) is 0 Å². The Morgan fingerprint density at radius 3 is 1.71 bits per heavy atom. The third kappa shape index (κ3) is 1.74. The number of halogens is 6. The van der Waals surface area contributed by atoms with Crippen LogP contribution in [0, 0.1) is 17.5 Å². The molecule has 0 saturated carbocycles. The van der Waals surface area contributed by atoms with Crippen molar-refractivity contribution in [3.63, 3.8) is 0 Å². The van der Waals surface area contributed by atoms with Crippen molar-refractivity contribution in [2.75, 3.05) is 6.86 Å². The lowest BCUT2D eigenvalue weighted by Gasteiger charge is -2.08.